The van der Waals surface area contributed by atoms with E-state index in [0.29, 0.717) is 28.5 Å². The van der Waals surface area contributed by atoms with Crippen molar-refractivity contribution < 1.29 is 9.18 Å². The number of halogens is 1. The number of carbonyl (C=O) groups excluding carboxylic acids is 1. The van der Waals surface area contributed by atoms with Crippen molar-refractivity contribution in [2.45, 2.75) is 25.4 Å². The first kappa shape index (κ1) is 17.1. The zero-order chi connectivity index (χ0) is 19.3. The van der Waals surface area contributed by atoms with Gasteiger partial charge in [0.2, 0.25) is 0 Å². The first-order valence-corrected chi connectivity index (χ1v) is 9.98. The number of aromatic nitrogens is 4. The molecule has 3 aromatic heterocycles. The summed E-state index contributed by atoms with van der Waals surface area (Å²) < 4.78 is 17.8. The molecule has 1 aliphatic carbocycles. The molecular formula is C20H18FN5OS. The number of imidazole rings is 2. The van der Waals surface area contributed by atoms with Crippen LogP contribution in [-0.4, -0.2) is 35.8 Å². The molecule has 8 heteroatoms. The second-order valence-electron chi connectivity index (χ2n) is 7.00. The van der Waals surface area contributed by atoms with Gasteiger partial charge >= 0.3 is 0 Å². The molecule has 1 saturated carbocycles. The van der Waals surface area contributed by atoms with E-state index in [1.165, 1.54) is 17.4 Å². The summed E-state index contributed by atoms with van der Waals surface area (Å²) in [6.07, 6.45) is 7.37. The zero-order valence-corrected chi connectivity index (χ0v) is 16.1. The summed E-state index contributed by atoms with van der Waals surface area (Å²) in [5, 5.41) is 1.82. The molecule has 0 radical (unpaired) electrons. The summed E-state index contributed by atoms with van der Waals surface area (Å²) in [5.41, 5.74) is 1.51. The highest BCUT2D eigenvalue weighted by Gasteiger charge is 2.35. The van der Waals surface area contributed by atoms with E-state index in [4.69, 9.17) is 0 Å². The third-order valence-electron chi connectivity index (χ3n) is 5.06. The van der Waals surface area contributed by atoms with Gasteiger partial charge in [-0.3, -0.25) is 9.20 Å². The molecule has 0 N–H and O–H groups in total. The van der Waals surface area contributed by atoms with E-state index in [1.807, 2.05) is 28.1 Å². The van der Waals surface area contributed by atoms with E-state index in [2.05, 4.69) is 9.97 Å². The van der Waals surface area contributed by atoms with Crippen molar-refractivity contribution in [1.29, 1.82) is 0 Å². The molecule has 4 aromatic rings. The molecule has 5 rings (SSSR count). The van der Waals surface area contributed by atoms with Crippen molar-refractivity contribution in [1.82, 2.24) is 23.8 Å². The monoisotopic (exact) mass is 395 g/mol. The average molecular weight is 395 g/mol. The third-order valence-corrected chi connectivity index (χ3v) is 5.90. The standard InChI is InChI=1S/C20H18FN5OS/c1-24-9-8-22-18(24)11-25(13-6-7-13)19(27)17-12-28-20-23-16(10-26(17)20)14-4-2-3-5-15(14)21/h2-5,8-10,12-13H,6-7,11H2,1H3. The Labute approximate surface area is 164 Å². The fraction of sp³-hybridized carbons (Fsp3) is 0.250. The van der Waals surface area contributed by atoms with E-state index in [-0.39, 0.29) is 17.8 Å². The number of thiazole rings is 1. The van der Waals surface area contributed by atoms with Gasteiger partial charge in [-0.15, -0.1) is 11.3 Å². The van der Waals surface area contributed by atoms with Gasteiger partial charge in [0.25, 0.3) is 5.91 Å². The Morgan fingerprint density at radius 2 is 2.18 bits per heavy atom. The zero-order valence-electron chi connectivity index (χ0n) is 15.2. The van der Waals surface area contributed by atoms with E-state index in [0.717, 1.165) is 18.7 Å². The Morgan fingerprint density at radius 1 is 1.36 bits per heavy atom. The number of carbonyl (C=O) groups is 1. The van der Waals surface area contributed by atoms with Gasteiger partial charge in [0, 0.05) is 42.6 Å². The molecule has 0 spiro atoms. The predicted molar refractivity (Wildman–Crippen MR) is 105 cm³/mol. The molecule has 0 aliphatic heterocycles. The number of benzene rings is 1. The molecule has 1 aromatic carbocycles. The van der Waals surface area contributed by atoms with Gasteiger partial charge in [-0.1, -0.05) is 12.1 Å². The summed E-state index contributed by atoms with van der Waals surface area (Å²) in [5.74, 6) is 0.481. The number of nitrogens with zero attached hydrogens (tertiary/aromatic N) is 5. The molecule has 1 aliphatic rings. The summed E-state index contributed by atoms with van der Waals surface area (Å²) in [4.78, 5) is 24.7. The van der Waals surface area contributed by atoms with Crippen molar-refractivity contribution in [3.05, 3.63) is 65.6 Å². The highest BCUT2D eigenvalue weighted by Crippen LogP contribution is 2.31. The number of fused-ring (bicyclic) bond motifs is 1. The molecule has 0 bridgehead atoms. The van der Waals surface area contributed by atoms with Crippen LogP contribution in [0, 0.1) is 5.82 Å². The maximum Gasteiger partial charge on any atom is 0.272 e. The van der Waals surface area contributed by atoms with E-state index in [9.17, 15) is 9.18 Å². The number of hydrogen-bond acceptors (Lipinski definition) is 4. The van der Waals surface area contributed by atoms with Crippen LogP contribution < -0.4 is 0 Å². The molecule has 1 fully saturated rings. The Morgan fingerprint density at radius 3 is 2.89 bits per heavy atom. The van der Waals surface area contributed by atoms with Crippen molar-refractivity contribution in [3.8, 4) is 11.3 Å². The summed E-state index contributed by atoms with van der Waals surface area (Å²) in [6.45, 7) is 0.471. The van der Waals surface area contributed by atoms with Crippen molar-refractivity contribution >= 4 is 22.2 Å². The van der Waals surface area contributed by atoms with Crippen LogP contribution in [0.2, 0.25) is 0 Å². The van der Waals surface area contributed by atoms with Gasteiger partial charge in [0.05, 0.1) is 12.2 Å². The Kier molecular flexibility index (Phi) is 4.01. The topological polar surface area (TPSA) is 55.4 Å². The second-order valence-corrected chi connectivity index (χ2v) is 7.83. The van der Waals surface area contributed by atoms with Crippen molar-refractivity contribution in [2.24, 2.45) is 7.05 Å². The maximum absolute atomic E-state index is 14.1. The molecule has 1 amide bonds. The van der Waals surface area contributed by atoms with Crippen LogP contribution in [0.1, 0.15) is 29.2 Å². The van der Waals surface area contributed by atoms with Gasteiger partial charge in [-0.2, -0.15) is 0 Å². The highest BCUT2D eigenvalue weighted by atomic mass is 32.1. The van der Waals surface area contributed by atoms with Gasteiger partial charge in [0.1, 0.15) is 17.3 Å². The van der Waals surface area contributed by atoms with Crippen LogP contribution in [0.25, 0.3) is 16.2 Å². The van der Waals surface area contributed by atoms with E-state index >= 15 is 0 Å². The second kappa shape index (κ2) is 6.56. The average Bonchev–Trinajstić information content (AvgIpc) is 3.12. The molecule has 28 heavy (non-hydrogen) atoms. The Balaban J connectivity index is 1.50. The maximum atomic E-state index is 14.1. The number of amides is 1. The van der Waals surface area contributed by atoms with Crippen molar-refractivity contribution in [3.63, 3.8) is 0 Å². The lowest BCUT2D eigenvalue weighted by Crippen LogP contribution is -2.34. The fourth-order valence-corrected chi connectivity index (χ4v) is 4.18. The molecule has 3 heterocycles. The SMILES string of the molecule is Cn1ccnc1CN(C(=O)c1csc2nc(-c3ccccc3F)cn12)C1CC1. The molecular weight excluding hydrogens is 377 g/mol. The minimum Gasteiger partial charge on any atom is -0.337 e. The third kappa shape index (κ3) is 2.90. The van der Waals surface area contributed by atoms with Crippen LogP contribution >= 0.6 is 11.3 Å². The minimum atomic E-state index is -0.324. The molecule has 142 valence electrons. The summed E-state index contributed by atoms with van der Waals surface area (Å²) in [7, 11) is 1.93. The first-order chi connectivity index (χ1) is 13.6. The van der Waals surface area contributed by atoms with Gasteiger partial charge in [-0.05, 0) is 25.0 Å². The van der Waals surface area contributed by atoms with E-state index < -0.39 is 0 Å². The normalized spacial score (nSPS) is 13.9. The fourth-order valence-electron chi connectivity index (χ4n) is 3.34. The molecule has 0 unspecified atom stereocenters. The highest BCUT2D eigenvalue weighted by molar-refractivity contribution is 7.15. The summed E-state index contributed by atoms with van der Waals surface area (Å²) in [6, 6.07) is 6.78. The van der Waals surface area contributed by atoms with Crippen molar-refractivity contribution in [2.75, 3.05) is 0 Å². The van der Waals surface area contributed by atoms with Crippen LogP contribution in [0.3, 0.4) is 0 Å². The Bertz CT molecular complexity index is 1170. The lowest BCUT2D eigenvalue weighted by atomic mass is 10.1. The lowest BCUT2D eigenvalue weighted by Gasteiger charge is -2.21. The number of aryl methyl sites for hydroxylation is 1. The van der Waals surface area contributed by atoms with Crippen LogP contribution in [0.5, 0.6) is 0 Å². The van der Waals surface area contributed by atoms with Gasteiger partial charge in [0.15, 0.2) is 4.96 Å². The lowest BCUT2D eigenvalue weighted by molar-refractivity contribution is 0.0717. The van der Waals surface area contributed by atoms with Gasteiger partial charge in [-0.25, -0.2) is 14.4 Å². The minimum absolute atomic E-state index is 0.0470. The number of rotatable bonds is 5. The molecule has 0 atom stereocenters. The summed E-state index contributed by atoms with van der Waals surface area (Å²) >= 11 is 1.39. The van der Waals surface area contributed by atoms with E-state index in [1.54, 1.807) is 35.0 Å². The smallest absolute Gasteiger partial charge is 0.272 e. The predicted octanol–water partition coefficient (Wildman–Crippen LogP) is 3.74. The van der Waals surface area contributed by atoms with Crippen LogP contribution in [0.4, 0.5) is 4.39 Å². The van der Waals surface area contributed by atoms with Crippen LogP contribution in [0.15, 0.2) is 48.2 Å². The number of hydrogen-bond donors (Lipinski definition) is 0. The quantitative estimate of drug-likeness (QED) is 0.517. The first-order valence-electron chi connectivity index (χ1n) is 9.10. The van der Waals surface area contributed by atoms with Gasteiger partial charge < -0.3 is 9.47 Å². The van der Waals surface area contributed by atoms with Crippen LogP contribution in [-0.2, 0) is 13.6 Å². The Hall–Kier alpha value is -3.00. The molecule has 0 saturated heterocycles. The largest absolute Gasteiger partial charge is 0.337 e. The molecule has 6 nitrogen and oxygen atoms in total.